The topological polar surface area (TPSA) is 38.5 Å². The molecule has 3 rings (SSSR count). The first-order valence-electron chi connectivity index (χ1n) is 8.05. The van der Waals surface area contributed by atoms with Crippen molar-refractivity contribution in [3.05, 3.63) is 24.3 Å². The fourth-order valence-electron chi connectivity index (χ4n) is 3.89. The van der Waals surface area contributed by atoms with Crippen LogP contribution in [0.3, 0.4) is 0 Å². The summed E-state index contributed by atoms with van der Waals surface area (Å²) in [7, 11) is 0. The number of hydrogen-bond donors (Lipinski definition) is 1. The van der Waals surface area contributed by atoms with E-state index < -0.39 is 0 Å². The Morgan fingerprint density at radius 2 is 2.00 bits per heavy atom. The molecule has 110 valence electrons. The van der Waals surface area contributed by atoms with E-state index >= 15 is 0 Å². The highest BCUT2D eigenvalue weighted by atomic mass is 16.5. The smallest absolute Gasteiger partial charge is 0.121 e. The summed E-state index contributed by atoms with van der Waals surface area (Å²) in [6.07, 6.45) is 8.49. The molecule has 1 aromatic rings. The number of anilines is 1. The van der Waals surface area contributed by atoms with Gasteiger partial charge in [0.2, 0.25) is 0 Å². The maximum absolute atomic E-state index is 5.85. The average molecular weight is 274 g/mol. The monoisotopic (exact) mass is 274 g/mol. The highest BCUT2D eigenvalue weighted by Crippen LogP contribution is 2.34. The van der Waals surface area contributed by atoms with Crippen LogP contribution in [0.25, 0.3) is 0 Å². The fourth-order valence-corrected chi connectivity index (χ4v) is 3.89. The van der Waals surface area contributed by atoms with Crippen molar-refractivity contribution in [2.75, 3.05) is 25.4 Å². The molecule has 0 radical (unpaired) electrons. The number of rotatable bonds is 4. The van der Waals surface area contributed by atoms with Gasteiger partial charge < -0.3 is 10.5 Å². The second kappa shape index (κ2) is 6.49. The van der Waals surface area contributed by atoms with Gasteiger partial charge in [-0.3, -0.25) is 4.90 Å². The quantitative estimate of drug-likeness (QED) is 0.856. The summed E-state index contributed by atoms with van der Waals surface area (Å²) in [4.78, 5) is 2.67. The minimum Gasteiger partial charge on any atom is -0.492 e. The van der Waals surface area contributed by atoms with Crippen LogP contribution in [-0.2, 0) is 0 Å². The first-order valence-corrected chi connectivity index (χ1v) is 8.05. The van der Waals surface area contributed by atoms with Crippen molar-refractivity contribution in [2.45, 2.75) is 44.6 Å². The zero-order valence-electron chi connectivity index (χ0n) is 12.3. The minimum atomic E-state index is 0.771. The van der Waals surface area contributed by atoms with E-state index in [0.29, 0.717) is 0 Å². The van der Waals surface area contributed by atoms with Crippen LogP contribution in [0.5, 0.6) is 5.75 Å². The van der Waals surface area contributed by atoms with E-state index in [4.69, 9.17) is 10.5 Å². The lowest BCUT2D eigenvalue weighted by atomic mass is 9.78. The number of ether oxygens (including phenoxy) is 1. The molecule has 3 nitrogen and oxygen atoms in total. The van der Waals surface area contributed by atoms with Gasteiger partial charge in [0.25, 0.3) is 0 Å². The minimum absolute atomic E-state index is 0.771. The molecule has 0 aromatic heterocycles. The van der Waals surface area contributed by atoms with Crippen LogP contribution in [0.2, 0.25) is 0 Å². The van der Waals surface area contributed by atoms with Crippen LogP contribution in [0, 0.1) is 5.92 Å². The number of nitrogens with two attached hydrogens (primary N) is 1. The van der Waals surface area contributed by atoms with Gasteiger partial charge in [-0.2, -0.15) is 0 Å². The van der Waals surface area contributed by atoms with Crippen molar-refractivity contribution in [1.82, 2.24) is 4.90 Å². The molecular formula is C17H26N2O. The summed E-state index contributed by atoms with van der Waals surface area (Å²) in [5.74, 6) is 1.84. The lowest BCUT2D eigenvalue weighted by Gasteiger charge is -2.44. The van der Waals surface area contributed by atoms with Crippen molar-refractivity contribution in [1.29, 1.82) is 0 Å². The molecule has 1 heterocycles. The summed E-state index contributed by atoms with van der Waals surface area (Å²) < 4.78 is 5.85. The molecular weight excluding hydrogens is 248 g/mol. The number of fused-ring (bicyclic) bond motifs is 1. The Balaban J connectivity index is 1.50. The molecule has 2 fully saturated rings. The van der Waals surface area contributed by atoms with Crippen LogP contribution < -0.4 is 10.5 Å². The van der Waals surface area contributed by atoms with Gasteiger partial charge in [0.1, 0.15) is 12.4 Å². The third-order valence-corrected chi connectivity index (χ3v) is 4.86. The van der Waals surface area contributed by atoms with Crippen LogP contribution in [0.1, 0.15) is 38.5 Å². The first-order chi connectivity index (χ1) is 9.83. The highest BCUT2D eigenvalue weighted by Gasteiger charge is 2.32. The molecule has 0 bridgehead atoms. The molecule has 2 N–H and O–H groups in total. The van der Waals surface area contributed by atoms with E-state index in [9.17, 15) is 0 Å². The zero-order valence-corrected chi connectivity index (χ0v) is 12.3. The van der Waals surface area contributed by atoms with Gasteiger partial charge in [0, 0.05) is 24.3 Å². The lowest BCUT2D eigenvalue weighted by molar-refractivity contribution is 0.0502. The van der Waals surface area contributed by atoms with Gasteiger partial charge >= 0.3 is 0 Å². The Labute approximate surface area is 122 Å². The molecule has 2 aliphatic rings. The maximum Gasteiger partial charge on any atom is 0.121 e. The van der Waals surface area contributed by atoms with E-state index in [1.807, 2.05) is 24.3 Å². The van der Waals surface area contributed by atoms with E-state index in [1.165, 1.54) is 45.1 Å². The average Bonchev–Trinajstić information content (AvgIpc) is 2.48. The molecule has 0 spiro atoms. The van der Waals surface area contributed by atoms with E-state index in [-0.39, 0.29) is 0 Å². The largest absolute Gasteiger partial charge is 0.492 e. The number of piperidine rings is 1. The Morgan fingerprint density at radius 3 is 2.90 bits per heavy atom. The second-order valence-electron chi connectivity index (χ2n) is 6.21. The van der Waals surface area contributed by atoms with Crippen molar-refractivity contribution < 1.29 is 4.74 Å². The van der Waals surface area contributed by atoms with Gasteiger partial charge in [-0.15, -0.1) is 0 Å². The van der Waals surface area contributed by atoms with Crippen molar-refractivity contribution >= 4 is 5.69 Å². The van der Waals surface area contributed by atoms with E-state index in [2.05, 4.69) is 4.90 Å². The SMILES string of the molecule is Nc1cccc(OCCN2CCCC3CCCCC32)c1. The van der Waals surface area contributed by atoms with E-state index in [1.54, 1.807) is 0 Å². The molecule has 0 amide bonds. The normalized spacial score (nSPS) is 27.0. The molecule has 1 saturated heterocycles. The number of benzene rings is 1. The van der Waals surface area contributed by atoms with Crippen LogP contribution in [0.4, 0.5) is 5.69 Å². The zero-order chi connectivity index (χ0) is 13.8. The highest BCUT2D eigenvalue weighted by molar-refractivity contribution is 5.43. The Hall–Kier alpha value is -1.22. The molecule has 1 aromatic carbocycles. The van der Waals surface area contributed by atoms with Gasteiger partial charge in [0.15, 0.2) is 0 Å². The maximum atomic E-state index is 5.85. The van der Waals surface area contributed by atoms with Crippen LogP contribution >= 0.6 is 0 Å². The molecule has 2 unspecified atom stereocenters. The Bertz CT molecular complexity index is 433. The summed E-state index contributed by atoms with van der Waals surface area (Å²) in [5.41, 5.74) is 6.54. The Morgan fingerprint density at radius 1 is 1.15 bits per heavy atom. The van der Waals surface area contributed by atoms with Gasteiger partial charge in [-0.1, -0.05) is 18.9 Å². The summed E-state index contributed by atoms with van der Waals surface area (Å²) in [6.45, 7) is 3.07. The molecule has 2 atom stereocenters. The molecule has 1 aliphatic heterocycles. The Kier molecular flexibility index (Phi) is 4.46. The molecule has 3 heteroatoms. The summed E-state index contributed by atoms with van der Waals surface area (Å²) >= 11 is 0. The second-order valence-corrected chi connectivity index (χ2v) is 6.21. The summed E-state index contributed by atoms with van der Waals surface area (Å²) in [5, 5.41) is 0. The van der Waals surface area contributed by atoms with Crippen LogP contribution in [-0.4, -0.2) is 30.6 Å². The van der Waals surface area contributed by atoms with Gasteiger partial charge in [-0.25, -0.2) is 0 Å². The van der Waals surface area contributed by atoms with Crippen molar-refractivity contribution in [3.63, 3.8) is 0 Å². The van der Waals surface area contributed by atoms with Gasteiger partial charge in [0.05, 0.1) is 0 Å². The molecule has 1 saturated carbocycles. The third kappa shape index (κ3) is 3.26. The van der Waals surface area contributed by atoms with Crippen molar-refractivity contribution in [2.24, 2.45) is 5.92 Å². The summed E-state index contributed by atoms with van der Waals surface area (Å²) in [6, 6.07) is 8.55. The van der Waals surface area contributed by atoms with Crippen molar-refractivity contribution in [3.8, 4) is 5.75 Å². The van der Waals surface area contributed by atoms with Gasteiger partial charge in [-0.05, 0) is 50.3 Å². The first kappa shape index (κ1) is 13.7. The molecule has 20 heavy (non-hydrogen) atoms. The molecule has 1 aliphatic carbocycles. The van der Waals surface area contributed by atoms with E-state index in [0.717, 1.165) is 36.5 Å². The lowest BCUT2D eigenvalue weighted by Crippen LogP contribution is -2.48. The number of likely N-dealkylation sites (tertiary alicyclic amines) is 1. The fraction of sp³-hybridized carbons (Fsp3) is 0.647. The standard InChI is InChI=1S/C17H26N2O/c18-15-7-3-8-16(13-15)20-12-11-19-10-4-6-14-5-1-2-9-17(14)19/h3,7-8,13-14,17H,1-2,4-6,9-12,18H2. The van der Waals surface area contributed by atoms with Crippen LogP contribution in [0.15, 0.2) is 24.3 Å². The third-order valence-electron chi connectivity index (χ3n) is 4.86. The number of nitrogen functional groups attached to an aromatic ring is 1. The predicted octanol–water partition coefficient (Wildman–Crippen LogP) is 3.30. The number of hydrogen-bond acceptors (Lipinski definition) is 3. The number of nitrogens with zero attached hydrogens (tertiary/aromatic N) is 1. The predicted molar refractivity (Wildman–Crippen MR) is 82.9 cm³/mol.